The average molecular weight is 255 g/mol. The van der Waals surface area contributed by atoms with Gasteiger partial charge in [0.05, 0.1) is 11.9 Å². The van der Waals surface area contributed by atoms with E-state index >= 15 is 0 Å². The predicted octanol–water partition coefficient (Wildman–Crippen LogP) is 1.39. The van der Waals surface area contributed by atoms with Crippen molar-refractivity contribution in [2.45, 2.75) is 0 Å². The Bertz CT molecular complexity index is 517. The molecule has 3 rings (SSSR count). The van der Waals surface area contributed by atoms with Gasteiger partial charge in [-0.3, -0.25) is 0 Å². The molecular weight excluding hydrogens is 238 g/mol. The van der Waals surface area contributed by atoms with Gasteiger partial charge in [0.1, 0.15) is 11.6 Å². The van der Waals surface area contributed by atoms with E-state index in [1.807, 2.05) is 30.5 Å². The number of hydrogen-bond donors (Lipinski definition) is 1. The van der Waals surface area contributed by atoms with E-state index in [1.54, 1.807) is 6.20 Å². The number of nitrogen functional groups attached to an aromatic ring is 1. The Morgan fingerprint density at radius 3 is 2.05 bits per heavy atom. The minimum atomic E-state index is 0.705. The molecular formula is C14H17N5. The summed E-state index contributed by atoms with van der Waals surface area (Å²) in [5.41, 5.74) is 6.36. The van der Waals surface area contributed by atoms with Crippen LogP contribution in [0.25, 0.3) is 0 Å². The van der Waals surface area contributed by atoms with E-state index in [1.165, 1.54) is 0 Å². The summed E-state index contributed by atoms with van der Waals surface area (Å²) in [7, 11) is 0. The fourth-order valence-corrected chi connectivity index (χ4v) is 2.29. The lowest BCUT2D eigenvalue weighted by molar-refractivity contribution is 0.642. The van der Waals surface area contributed by atoms with Crippen molar-refractivity contribution in [2.24, 2.45) is 0 Å². The fourth-order valence-electron chi connectivity index (χ4n) is 2.29. The number of pyridine rings is 2. The lowest BCUT2D eigenvalue weighted by Gasteiger charge is -2.36. The van der Waals surface area contributed by atoms with Crippen LogP contribution in [0, 0.1) is 0 Å². The molecule has 5 heteroatoms. The summed E-state index contributed by atoms with van der Waals surface area (Å²) in [6.07, 6.45) is 3.55. The highest BCUT2D eigenvalue weighted by Crippen LogP contribution is 2.17. The third-order valence-electron chi connectivity index (χ3n) is 3.35. The Hall–Kier alpha value is -2.30. The first-order valence-corrected chi connectivity index (χ1v) is 6.45. The molecule has 0 unspecified atom stereocenters. The molecule has 0 radical (unpaired) electrons. The summed E-state index contributed by atoms with van der Waals surface area (Å²) < 4.78 is 0. The van der Waals surface area contributed by atoms with Gasteiger partial charge in [-0.25, -0.2) is 9.97 Å². The van der Waals surface area contributed by atoms with Crippen LogP contribution >= 0.6 is 0 Å². The van der Waals surface area contributed by atoms with E-state index in [0.717, 1.165) is 37.8 Å². The first kappa shape index (κ1) is 11.8. The molecule has 1 fully saturated rings. The SMILES string of the molecule is Nc1ccc(N2CCN(c3ccccn3)CC2)nc1. The Morgan fingerprint density at radius 1 is 0.842 bits per heavy atom. The highest BCUT2D eigenvalue weighted by molar-refractivity contribution is 5.48. The fraction of sp³-hybridized carbons (Fsp3) is 0.286. The van der Waals surface area contributed by atoms with Gasteiger partial charge in [0.15, 0.2) is 0 Å². The largest absolute Gasteiger partial charge is 0.397 e. The first-order chi connectivity index (χ1) is 9.33. The normalized spacial score (nSPS) is 15.6. The van der Waals surface area contributed by atoms with Crippen LogP contribution < -0.4 is 15.5 Å². The zero-order chi connectivity index (χ0) is 13.1. The van der Waals surface area contributed by atoms with Crippen molar-refractivity contribution >= 4 is 17.3 Å². The van der Waals surface area contributed by atoms with Crippen LogP contribution in [0.3, 0.4) is 0 Å². The number of aromatic nitrogens is 2. The number of piperazine rings is 1. The maximum absolute atomic E-state index is 5.66. The molecule has 0 spiro atoms. The van der Waals surface area contributed by atoms with Gasteiger partial charge in [0.2, 0.25) is 0 Å². The molecule has 2 aromatic heterocycles. The molecule has 19 heavy (non-hydrogen) atoms. The number of nitrogens with two attached hydrogens (primary N) is 1. The molecule has 1 aliphatic heterocycles. The second-order valence-corrected chi connectivity index (χ2v) is 4.61. The Balaban J connectivity index is 1.65. The first-order valence-electron chi connectivity index (χ1n) is 6.45. The van der Waals surface area contributed by atoms with Gasteiger partial charge in [-0.05, 0) is 24.3 Å². The lowest BCUT2D eigenvalue weighted by Crippen LogP contribution is -2.47. The van der Waals surface area contributed by atoms with E-state index in [0.29, 0.717) is 5.69 Å². The van der Waals surface area contributed by atoms with Crippen LogP contribution in [-0.2, 0) is 0 Å². The molecule has 0 aromatic carbocycles. The molecule has 1 saturated heterocycles. The Kier molecular flexibility index (Phi) is 3.18. The van der Waals surface area contributed by atoms with Crippen LogP contribution in [0.2, 0.25) is 0 Å². The van der Waals surface area contributed by atoms with Crippen molar-refractivity contribution in [1.82, 2.24) is 9.97 Å². The summed E-state index contributed by atoms with van der Waals surface area (Å²) in [6, 6.07) is 9.89. The minimum Gasteiger partial charge on any atom is -0.397 e. The van der Waals surface area contributed by atoms with Gasteiger partial charge in [0, 0.05) is 32.4 Å². The van der Waals surface area contributed by atoms with Crippen molar-refractivity contribution in [2.75, 3.05) is 41.7 Å². The smallest absolute Gasteiger partial charge is 0.128 e. The van der Waals surface area contributed by atoms with E-state index < -0.39 is 0 Å². The summed E-state index contributed by atoms with van der Waals surface area (Å²) in [5, 5.41) is 0. The summed E-state index contributed by atoms with van der Waals surface area (Å²) >= 11 is 0. The summed E-state index contributed by atoms with van der Waals surface area (Å²) in [4.78, 5) is 13.3. The number of rotatable bonds is 2. The summed E-state index contributed by atoms with van der Waals surface area (Å²) in [6.45, 7) is 3.83. The molecule has 0 aliphatic carbocycles. The molecule has 0 amide bonds. The molecule has 1 aliphatic rings. The van der Waals surface area contributed by atoms with Gasteiger partial charge in [-0.2, -0.15) is 0 Å². The quantitative estimate of drug-likeness (QED) is 0.878. The van der Waals surface area contributed by atoms with Crippen molar-refractivity contribution in [1.29, 1.82) is 0 Å². The van der Waals surface area contributed by atoms with Gasteiger partial charge in [-0.15, -0.1) is 0 Å². The molecule has 2 N–H and O–H groups in total. The van der Waals surface area contributed by atoms with E-state index in [4.69, 9.17) is 5.73 Å². The zero-order valence-electron chi connectivity index (χ0n) is 10.7. The molecule has 98 valence electrons. The average Bonchev–Trinajstić information content (AvgIpc) is 2.49. The lowest BCUT2D eigenvalue weighted by atomic mass is 10.3. The van der Waals surface area contributed by atoms with E-state index in [2.05, 4.69) is 25.8 Å². The van der Waals surface area contributed by atoms with Crippen molar-refractivity contribution in [3.8, 4) is 0 Å². The molecule has 0 atom stereocenters. The third kappa shape index (κ3) is 2.59. The monoisotopic (exact) mass is 255 g/mol. The van der Waals surface area contributed by atoms with Gasteiger partial charge in [-0.1, -0.05) is 6.07 Å². The Morgan fingerprint density at radius 2 is 1.53 bits per heavy atom. The van der Waals surface area contributed by atoms with Crippen LogP contribution in [0.15, 0.2) is 42.7 Å². The van der Waals surface area contributed by atoms with E-state index in [-0.39, 0.29) is 0 Å². The minimum absolute atomic E-state index is 0.705. The maximum Gasteiger partial charge on any atom is 0.128 e. The molecule has 0 bridgehead atoms. The number of anilines is 3. The van der Waals surface area contributed by atoms with Gasteiger partial charge < -0.3 is 15.5 Å². The van der Waals surface area contributed by atoms with Crippen LogP contribution in [0.1, 0.15) is 0 Å². The molecule has 3 heterocycles. The Labute approximate surface area is 112 Å². The number of nitrogens with zero attached hydrogens (tertiary/aromatic N) is 4. The van der Waals surface area contributed by atoms with Crippen LogP contribution in [-0.4, -0.2) is 36.1 Å². The number of hydrogen-bond acceptors (Lipinski definition) is 5. The van der Waals surface area contributed by atoms with Crippen molar-refractivity contribution < 1.29 is 0 Å². The third-order valence-corrected chi connectivity index (χ3v) is 3.35. The zero-order valence-corrected chi connectivity index (χ0v) is 10.7. The standard InChI is InChI=1S/C14H17N5/c15-12-4-5-14(17-11-12)19-9-7-18(8-10-19)13-3-1-2-6-16-13/h1-6,11H,7-10,15H2. The van der Waals surface area contributed by atoms with Crippen LogP contribution in [0.5, 0.6) is 0 Å². The second-order valence-electron chi connectivity index (χ2n) is 4.61. The van der Waals surface area contributed by atoms with E-state index in [9.17, 15) is 0 Å². The van der Waals surface area contributed by atoms with Gasteiger partial charge >= 0.3 is 0 Å². The maximum atomic E-state index is 5.66. The molecule has 2 aromatic rings. The second kappa shape index (κ2) is 5.14. The highest BCUT2D eigenvalue weighted by Gasteiger charge is 2.18. The topological polar surface area (TPSA) is 58.3 Å². The van der Waals surface area contributed by atoms with Crippen LogP contribution in [0.4, 0.5) is 17.3 Å². The highest BCUT2D eigenvalue weighted by atomic mass is 15.3. The predicted molar refractivity (Wildman–Crippen MR) is 77.3 cm³/mol. The molecule has 5 nitrogen and oxygen atoms in total. The van der Waals surface area contributed by atoms with Crippen molar-refractivity contribution in [3.05, 3.63) is 42.7 Å². The summed E-state index contributed by atoms with van der Waals surface area (Å²) in [5.74, 6) is 2.04. The van der Waals surface area contributed by atoms with Crippen molar-refractivity contribution in [3.63, 3.8) is 0 Å². The van der Waals surface area contributed by atoms with Gasteiger partial charge in [0.25, 0.3) is 0 Å². The molecule has 0 saturated carbocycles.